The van der Waals surface area contributed by atoms with Crippen LogP contribution >= 0.6 is 11.8 Å². The van der Waals surface area contributed by atoms with Crippen LogP contribution in [0.2, 0.25) is 0 Å². The van der Waals surface area contributed by atoms with E-state index in [4.69, 9.17) is 9.72 Å². The van der Waals surface area contributed by atoms with E-state index in [0.29, 0.717) is 22.0 Å². The first-order chi connectivity index (χ1) is 20.3. The van der Waals surface area contributed by atoms with Crippen LogP contribution in [0.3, 0.4) is 0 Å². The van der Waals surface area contributed by atoms with Gasteiger partial charge in [-0.3, -0.25) is 4.79 Å². The van der Waals surface area contributed by atoms with E-state index in [0.717, 1.165) is 28.1 Å². The van der Waals surface area contributed by atoms with E-state index in [-0.39, 0.29) is 17.1 Å². The van der Waals surface area contributed by atoms with E-state index >= 15 is 0 Å². The van der Waals surface area contributed by atoms with Gasteiger partial charge in [0.15, 0.2) is 0 Å². The molecule has 1 amide bonds. The number of nitriles is 1. The first kappa shape index (κ1) is 28.7. The summed E-state index contributed by atoms with van der Waals surface area (Å²) in [5.74, 6) is 1.33. The number of carbonyl (C=O) groups excluding carboxylic acids is 1. The molecule has 1 N–H and O–H groups in total. The van der Waals surface area contributed by atoms with E-state index in [9.17, 15) is 10.1 Å². The molecular weight excluding hydrogens is 538 g/mol. The third-order valence-electron chi connectivity index (χ3n) is 6.69. The van der Waals surface area contributed by atoms with Crippen LogP contribution in [0.4, 0.5) is 5.69 Å². The summed E-state index contributed by atoms with van der Waals surface area (Å²) in [5.41, 5.74) is 5.78. The summed E-state index contributed by atoms with van der Waals surface area (Å²) < 4.78 is 5.83. The maximum absolute atomic E-state index is 12.9. The molecule has 0 saturated carbocycles. The Bertz CT molecular complexity index is 1710. The zero-order valence-electron chi connectivity index (χ0n) is 23.8. The van der Waals surface area contributed by atoms with Gasteiger partial charge in [-0.2, -0.15) is 5.26 Å². The van der Waals surface area contributed by atoms with Crippen LogP contribution in [-0.2, 0) is 10.2 Å². The fraction of sp³-hybridized carbons (Fsp3) is 0.139. The van der Waals surface area contributed by atoms with Gasteiger partial charge in [-0.25, -0.2) is 4.98 Å². The van der Waals surface area contributed by atoms with Gasteiger partial charge in [0.2, 0.25) is 5.91 Å². The minimum atomic E-state index is -0.191. The first-order valence-corrected chi connectivity index (χ1v) is 14.7. The topological polar surface area (TPSA) is 75.0 Å². The fourth-order valence-electron chi connectivity index (χ4n) is 4.43. The molecule has 0 bridgehead atoms. The van der Waals surface area contributed by atoms with Crippen molar-refractivity contribution in [3.63, 3.8) is 0 Å². The molecule has 5 aromatic rings. The molecular formula is C36H31N3O2S. The van der Waals surface area contributed by atoms with Gasteiger partial charge in [0, 0.05) is 16.8 Å². The molecule has 4 aromatic carbocycles. The number of carbonyl (C=O) groups is 1. The predicted octanol–water partition coefficient (Wildman–Crippen LogP) is 9.11. The summed E-state index contributed by atoms with van der Waals surface area (Å²) in [4.78, 5) is 17.8. The molecule has 0 unspecified atom stereocenters. The van der Waals surface area contributed by atoms with Gasteiger partial charge in [0.25, 0.3) is 0 Å². The highest BCUT2D eigenvalue weighted by molar-refractivity contribution is 8.00. The Balaban J connectivity index is 1.36. The van der Waals surface area contributed by atoms with Crippen molar-refractivity contribution in [2.45, 2.75) is 31.2 Å². The van der Waals surface area contributed by atoms with Gasteiger partial charge in [-0.15, -0.1) is 0 Å². The molecule has 0 aliphatic rings. The number of nitrogens with zero attached hydrogens (tertiary/aromatic N) is 2. The number of thioether (sulfide) groups is 1. The number of aromatic nitrogens is 1. The molecule has 208 valence electrons. The molecule has 0 aliphatic carbocycles. The predicted molar refractivity (Wildman–Crippen MR) is 171 cm³/mol. The minimum Gasteiger partial charge on any atom is -0.457 e. The second-order valence-electron chi connectivity index (χ2n) is 10.8. The molecule has 5 nitrogen and oxygen atoms in total. The number of para-hydroxylation sites is 1. The van der Waals surface area contributed by atoms with Crippen LogP contribution in [-0.4, -0.2) is 16.6 Å². The second kappa shape index (κ2) is 12.8. The number of pyridine rings is 1. The normalized spacial score (nSPS) is 11.0. The average molecular weight is 570 g/mol. The summed E-state index contributed by atoms with van der Waals surface area (Å²) in [6.45, 7) is 6.53. The molecule has 0 saturated heterocycles. The number of hydrogen-bond donors (Lipinski definition) is 1. The molecule has 0 fully saturated rings. The number of benzene rings is 4. The Morgan fingerprint density at radius 1 is 0.833 bits per heavy atom. The lowest BCUT2D eigenvalue weighted by Gasteiger charge is -2.19. The van der Waals surface area contributed by atoms with Gasteiger partial charge in [-0.05, 0) is 59.0 Å². The van der Waals surface area contributed by atoms with E-state index in [1.165, 1.54) is 17.3 Å². The lowest BCUT2D eigenvalue weighted by molar-refractivity contribution is -0.113. The van der Waals surface area contributed by atoms with Gasteiger partial charge in [0.1, 0.15) is 22.6 Å². The van der Waals surface area contributed by atoms with Gasteiger partial charge >= 0.3 is 0 Å². The number of anilines is 1. The SMILES string of the molecule is CC(C)(C)c1ccc(-c2cc(-c3ccccc3)nc(SCC(=O)Nc3ccc(Oc4ccccc4)cc3)c2C#N)cc1. The van der Waals surface area contributed by atoms with Crippen LogP contribution in [0.5, 0.6) is 11.5 Å². The Morgan fingerprint density at radius 3 is 2.07 bits per heavy atom. The van der Waals surface area contributed by atoms with Crippen LogP contribution in [0.25, 0.3) is 22.4 Å². The summed E-state index contributed by atoms with van der Waals surface area (Å²) in [6.07, 6.45) is 0. The first-order valence-electron chi connectivity index (χ1n) is 13.7. The van der Waals surface area contributed by atoms with Gasteiger partial charge < -0.3 is 10.1 Å². The van der Waals surface area contributed by atoms with Crippen molar-refractivity contribution >= 4 is 23.4 Å². The summed E-state index contributed by atoms with van der Waals surface area (Å²) in [5, 5.41) is 13.7. The number of amides is 1. The van der Waals surface area contributed by atoms with Crippen molar-refractivity contribution < 1.29 is 9.53 Å². The molecule has 0 spiro atoms. The highest BCUT2D eigenvalue weighted by Crippen LogP contribution is 2.35. The summed E-state index contributed by atoms with van der Waals surface area (Å²) in [7, 11) is 0. The van der Waals surface area contributed by atoms with Crippen molar-refractivity contribution in [2.24, 2.45) is 0 Å². The van der Waals surface area contributed by atoms with Gasteiger partial charge in [-0.1, -0.05) is 105 Å². The Hall–Kier alpha value is -4.86. The highest BCUT2D eigenvalue weighted by atomic mass is 32.2. The molecule has 1 aromatic heterocycles. The minimum absolute atomic E-state index is 0.0215. The standard InChI is InChI=1S/C36H31N3O2S/c1-36(2,3)27-16-14-25(15-17-27)31-22-33(26-10-6-4-7-11-26)39-35(32(31)23-37)42-24-34(40)38-28-18-20-30(21-19-28)41-29-12-8-5-9-13-29/h4-22H,24H2,1-3H3,(H,38,40). The van der Waals surface area contributed by atoms with Crippen molar-refractivity contribution in [2.75, 3.05) is 11.1 Å². The van der Waals surface area contributed by atoms with Crippen LogP contribution in [0.15, 0.2) is 120 Å². The largest absolute Gasteiger partial charge is 0.457 e. The van der Waals surface area contributed by atoms with E-state index < -0.39 is 0 Å². The van der Waals surface area contributed by atoms with E-state index in [2.05, 4.69) is 56.4 Å². The molecule has 0 radical (unpaired) electrons. The smallest absolute Gasteiger partial charge is 0.234 e. The molecule has 42 heavy (non-hydrogen) atoms. The molecule has 0 atom stereocenters. The van der Waals surface area contributed by atoms with Gasteiger partial charge in [0.05, 0.1) is 17.0 Å². The average Bonchev–Trinajstić information content (AvgIpc) is 3.01. The van der Waals surface area contributed by atoms with Crippen molar-refractivity contribution in [1.82, 2.24) is 4.98 Å². The third-order valence-corrected chi connectivity index (χ3v) is 7.66. The van der Waals surface area contributed by atoms with E-state index in [1.807, 2.05) is 78.9 Å². The molecule has 5 rings (SSSR count). The number of ether oxygens (including phenoxy) is 1. The lowest BCUT2D eigenvalue weighted by Crippen LogP contribution is -2.14. The number of nitrogens with one attached hydrogen (secondary N) is 1. The molecule has 1 heterocycles. The van der Waals surface area contributed by atoms with Crippen molar-refractivity contribution in [3.05, 3.63) is 126 Å². The Kier molecular flexibility index (Phi) is 8.71. The van der Waals surface area contributed by atoms with E-state index in [1.54, 1.807) is 12.1 Å². The number of rotatable bonds is 8. The second-order valence-corrected chi connectivity index (χ2v) is 11.8. The maximum Gasteiger partial charge on any atom is 0.234 e. The zero-order chi connectivity index (χ0) is 29.5. The van der Waals surface area contributed by atoms with Crippen LogP contribution in [0, 0.1) is 11.3 Å². The number of hydrogen-bond acceptors (Lipinski definition) is 5. The lowest BCUT2D eigenvalue weighted by atomic mass is 9.86. The molecule has 0 aliphatic heterocycles. The summed E-state index contributed by atoms with van der Waals surface area (Å²) >= 11 is 1.26. The summed E-state index contributed by atoms with van der Waals surface area (Å²) in [6, 6.07) is 39.3. The zero-order valence-corrected chi connectivity index (χ0v) is 24.6. The quantitative estimate of drug-likeness (QED) is 0.189. The monoisotopic (exact) mass is 569 g/mol. The third kappa shape index (κ3) is 7.06. The Morgan fingerprint density at radius 2 is 1.45 bits per heavy atom. The fourth-order valence-corrected chi connectivity index (χ4v) is 5.23. The van der Waals surface area contributed by atoms with Crippen LogP contribution in [0.1, 0.15) is 31.9 Å². The molecule has 6 heteroatoms. The van der Waals surface area contributed by atoms with Crippen LogP contribution < -0.4 is 10.1 Å². The highest BCUT2D eigenvalue weighted by Gasteiger charge is 2.19. The van der Waals surface area contributed by atoms with Crippen molar-refractivity contribution in [1.29, 1.82) is 5.26 Å². The van der Waals surface area contributed by atoms with Crippen molar-refractivity contribution in [3.8, 4) is 40.0 Å². The Labute approximate surface area is 251 Å². The maximum atomic E-state index is 12.9.